The summed E-state index contributed by atoms with van der Waals surface area (Å²) in [4.78, 5) is 0. The lowest BCUT2D eigenvalue weighted by atomic mass is 9.91. The SMILES string of the molecule is CC(C)CC(C)NC1CCCc2c1cnn2CCO.Cl. The molecule has 116 valence electrons. The topological polar surface area (TPSA) is 50.1 Å². The zero-order chi connectivity index (χ0) is 13.8. The molecule has 2 unspecified atom stereocenters. The Bertz CT molecular complexity index is 406. The normalized spacial score (nSPS) is 19.6. The van der Waals surface area contributed by atoms with E-state index in [0.29, 0.717) is 18.6 Å². The summed E-state index contributed by atoms with van der Waals surface area (Å²) in [5.41, 5.74) is 2.66. The third-order valence-corrected chi connectivity index (χ3v) is 3.89. The van der Waals surface area contributed by atoms with E-state index in [-0.39, 0.29) is 19.0 Å². The second kappa shape index (κ2) is 8.01. The maximum absolute atomic E-state index is 9.07. The first-order valence-corrected chi connectivity index (χ1v) is 7.53. The number of halogens is 1. The van der Waals surface area contributed by atoms with E-state index in [1.54, 1.807) is 0 Å². The van der Waals surface area contributed by atoms with Crippen LogP contribution in [0.3, 0.4) is 0 Å². The van der Waals surface area contributed by atoms with Gasteiger partial charge in [-0.05, 0) is 38.5 Å². The first-order chi connectivity index (χ1) is 9.11. The van der Waals surface area contributed by atoms with Gasteiger partial charge in [-0.2, -0.15) is 5.10 Å². The van der Waals surface area contributed by atoms with Crippen molar-refractivity contribution in [2.24, 2.45) is 5.92 Å². The van der Waals surface area contributed by atoms with Crippen molar-refractivity contribution >= 4 is 12.4 Å². The first-order valence-electron chi connectivity index (χ1n) is 7.53. The van der Waals surface area contributed by atoms with Gasteiger partial charge in [0.1, 0.15) is 0 Å². The Balaban J connectivity index is 0.00000200. The maximum Gasteiger partial charge on any atom is 0.0644 e. The van der Waals surface area contributed by atoms with E-state index in [0.717, 1.165) is 12.3 Å². The molecule has 5 heteroatoms. The van der Waals surface area contributed by atoms with E-state index in [4.69, 9.17) is 5.11 Å². The lowest BCUT2D eigenvalue weighted by molar-refractivity contribution is 0.266. The molecule has 1 heterocycles. The molecule has 0 saturated heterocycles. The summed E-state index contributed by atoms with van der Waals surface area (Å²) in [6, 6.07) is 0.974. The molecule has 1 aliphatic rings. The van der Waals surface area contributed by atoms with Crippen LogP contribution in [-0.2, 0) is 13.0 Å². The first kappa shape index (κ1) is 17.5. The summed E-state index contributed by atoms with van der Waals surface area (Å²) in [5, 5.41) is 17.2. The van der Waals surface area contributed by atoms with Crippen molar-refractivity contribution in [3.63, 3.8) is 0 Å². The average molecular weight is 302 g/mol. The third kappa shape index (κ3) is 4.21. The quantitative estimate of drug-likeness (QED) is 0.849. The molecule has 0 aliphatic heterocycles. The summed E-state index contributed by atoms with van der Waals surface area (Å²) in [6.45, 7) is 7.58. The number of nitrogens with one attached hydrogen (secondary N) is 1. The Kier molecular flexibility index (Phi) is 7.00. The molecule has 2 N–H and O–H groups in total. The van der Waals surface area contributed by atoms with Crippen molar-refractivity contribution in [3.8, 4) is 0 Å². The molecular formula is C15H28ClN3O. The predicted molar refractivity (Wildman–Crippen MR) is 84.3 cm³/mol. The summed E-state index contributed by atoms with van der Waals surface area (Å²) in [5.74, 6) is 0.725. The largest absolute Gasteiger partial charge is 0.394 e. The Labute approximate surface area is 128 Å². The maximum atomic E-state index is 9.07. The molecule has 4 nitrogen and oxygen atoms in total. The van der Waals surface area contributed by atoms with Crippen LogP contribution in [-0.4, -0.2) is 27.5 Å². The van der Waals surface area contributed by atoms with Crippen LogP contribution in [0.1, 0.15) is 57.3 Å². The lowest BCUT2D eigenvalue weighted by Crippen LogP contribution is -2.33. The van der Waals surface area contributed by atoms with Crippen molar-refractivity contribution in [3.05, 3.63) is 17.5 Å². The summed E-state index contributed by atoms with van der Waals surface area (Å²) in [7, 11) is 0. The Morgan fingerprint density at radius 2 is 2.20 bits per heavy atom. The van der Waals surface area contributed by atoms with Crippen LogP contribution >= 0.6 is 12.4 Å². The molecule has 0 amide bonds. The van der Waals surface area contributed by atoms with Gasteiger partial charge in [-0.25, -0.2) is 0 Å². The van der Waals surface area contributed by atoms with Gasteiger partial charge >= 0.3 is 0 Å². The minimum absolute atomic E-state index is 0. The van der Waals surface area contributed by atoms with E-state index in [2.05, 4.69) is 31.2 Å². The number of aromatic nitrogens is 2. The molecule has 0 aromatic carbocycles. The monoisotopic (exact) mass is 301 g/mol. The fourth-order valence-electron chi connectivity index (χ4n) is 3.20. The molecule has 20 heavy (non-hydrogen) atoms. The zero-order valence-electron chi connectivity index (χ0n) is 12.8. The average Bonchev–Trinajstić information content (AvgIpc) is 2.73. The van der Waals surface area contributed by atoms with E-state index in [9.17, 15) is 0 Å². The molecule has 0 spiro atoms. The van der Waals surface area contributed by atoms with Gasteiger partial charge in [0.15, 0.2) is 0 Å². The molecule has 1 aliphatic carbocycles. The number of hydrogen-bond donors (Lipinski definition) is 2. The molecule has 1 aromatic heterocycles. The van der Waals surface area contributed by atoms with Gasteiger partial charge < -0.3 is 10.4 Å². The minimum Gasteiger partial charge on any atom is -0.394 e. The molecule has 2 atom stereocenters. The molecule has 2 rings (SSSR count). The highest BCUT2D eigenvalue weighted by atomic mass is 35.5. The molecular weight excluding hydrogens is 274 g/mol. The lowest BCUT2D eigenvalue weighted by Gasteiger charge is -2.28. The second-order valence-electron chi connectivity index (χ2n) is 6.14. The number of fused-ring (bicyclic) bond motifs is 1. The van der Waals surface area contributed by atoms with Gasteiger partial charge in [-0.3, -0.25) is 4.68 Å². The molecule has 0 fully saturated rings. The van der Waals surface area contributed by atoms with E-state index in [1.165, 1.54) is 30.5 Å². The summed E-state index contributed by atoms with van der Waals surface area (Å²) in [6.07, 6.45) is 6.68. The van der Waals surface area contributed by atoms with Crippen molar-refractivity contribution < 1.29 is 5.11 Å². The van der Waals surface area contributed by atoms with E-state index < -0.39 is 0 Å². The van der Waals surface area contributed by atoms with Crippen molar-refractivity contribution in [2.45, 2.75) is 65.1 Å². The number of hydrogen-bond acceptors (Lipinski definition) is 3. The molecule has 0 saturated carbocycles. The molecule has 0 bridgehead atoms. The zero-order valence-corrected chi connectivity index (χ0v) is 13.6. The highest BCUT2D eigenvalue weighted by Gasteiger charge is 2.25. The Hall–Kier alpha value is -0.580. The number of aliphatic hydroxyl groups excluding tert-OH is 1. The second-order valence-corrected chi connectivity index (χ2v) is 6.14. The summed E-state index contributed by atoms with van der Waals surface area (Å²) >= 11 is 0. The van der Waals surface area contributed by atoms with Crippen molar-refractivity contribution in [1.82, 2.24) is 15.1 Å². The Morgan fingerprint density at radius 3 is 2.85 bits per heavy atom. The van der Waals surface area contributed by atoms with Gasteiger partial charge in [-0.1, -0.05) is 13.8 Å². The van der Waals surface area contributed by atoms with Crippen LogP contribution < -0.4 is 5.32 Å². The van der Waals surface area contributed by atoms with Crippen LogP contribution in [0.15, 0.2) is 6.20 Å². The number of rotatable bonds is 6. The third-order valence-electron chi connectivity index (χ3n) is 3.89. The van der Waals surface area contributed by atoms with Gasteiger partial charge in [0.25, 0.3) is 0 Å². The van der Waals surface area contributed by atoms with Crippen LogP contribution in [0.5, 0.6) is 0 Å². The highest BCUT2D eigenvalue weighted by molar-refractivity contribution is 5.85. The summed E-state index contributed by atoms with van der Waals surface area (Å²) < 4.78 is 1.97. The standard InChI is InChI=1S/C15H27N3O.ClH/c1-11(2)9-12(3)17-14-5-4-6-15-13(14)10-16-18(15)7-8-19;/h10-12,14,17,19H,4-9H2,1-3H3;1H. The van der Waals surface area contributed by atoms with E-state index in [1.807, 2.05) is 10.9 Å². The fourth-order valence-corrected chi connectivity index (χ4v) is 3.20. The van der Waals surface area contributed by atoms with E-state index >= 15 is 0 Å². The van der Waals surface area contributed by atoms with Gasteiger partial charge in [0.05, 0.1) is 19.3 Å². The van der Waals surface area contributed by atoms with Crippen LogP contribution in [0.4, 0.5) is 0 Å². The molecule has 1 aromatic rings. The van der Waals surface area contributed by atoms with Gasteiger partial charge in [-0.15, -0.1) is 12.4 Å². The fraction of sp³-hybridized carbons (Fsp3) is 0.800. The minimum atomic E-state index is 0. The number of aliphatic hydroxyl groups is 1. The van der Waals surface area contributed by atoms with Crippen LogP contribution in [0.2, 0.25) is 0 Å². The van der Waals surface area contributed by atoms with Crippen LogP contribution in [0, 0.1) is 5.92 Å². The van der Waals surface area contributed by atoms with Crippen molar-refractivity contribution in [1.29, 1.82) is 0 Å². The molecule has 0 radical (unpaired) electrons. The predicted octanol–water partition coefficient (Wildman–Crippen LogP) is 2.70. The van der Waals surface area contributed by atoms with Gasteiger partial charge in [0.2, 0.25) is 0 Å². The smallest absolute Gasteiger partial charge is 0.0644 e. The van der Waals surface area contributed by atoms with Gasteiger partial charge in [0, 0.05) is 23.3 Å². The van der Waals surface area contributed by atoms with Crippen molar-refractivity contribution in [2.75, 3.05) is 6.61 Å². The highest BCUT2D eigenvalue weighted by Crippen LogP contribution is 2.30. The number of nitrogens with zero attached hydrogens (tertiary/aromatic N) is 2. The van der Waals surface area contributed by atoms with Crippen LogP contribution in [0.25, 0.3) is 0 Å². The Morgan fingerprint density at radius 1 is 1.45 bits per heavy atom.